The second kappa shape index (κ2) is 6.03. The molecule has 1 fully saturated rings. The number of aldehydes is 1. The molecule has 4 nitrogen and oxygen atoms in total. The van der Waals surface area contributed by atoms with Crippen LogP contribution in [-0.4, -0.2) is 24.0 Å². The van der Waals surface area contributed by atoms with E-state index in [0.717, 1.165) is 32.0 Å². The first-order valence-corrected chi connectivity index (χ1v) is 6.33. The van der Waals surface area contributed by atoms with Crippen molar-refractivity contribution in [3.05, 3.63) is 0 Å². The molecule has 1 amide bonds. The molecule has 1 aliphatic carbocycles. The Morgan fingerprint density at radius 2 is 1.88 bits per heavy atom. The molecule has 0 aliphatic heterocycles. The first-order valence-electron chi connectivity index (χ1n) is 6.33. The third-order valence-electron chi connectivity index (χ3n) is 2.97. The van der Waals surface area contributed by atoms with E-state index in [9.17, 15) is 9.59 Å². The molecule has 0 heterocycles. The minimum Gasteiger partial charge on any atom is -0.446 e. The zero-order valence-electron chi connectivity index (χ0n) is 11.0. The molecule has 0 bridgehead atoms. The number of rotatable bonds is 3. The molecule has 0 saturated heterocycles. The van der Waals surface area contributed by atoms with E-state index in [1.165, 1.54) is 0 Å². The molecule has 0 radical (unpaired) electrons. The van der Waals surface area contributed by atoms with Crippen LogP contribution < -0.4 is 5.32 Å². The molecular weight excluding hydrogens is 218 g/mol. The van der Waals surface area contributed by atoms with Gasteiger partial charge in [-0.2, -0.15) is 0 Å². The van der Waals surface area contributed by atoms with Gasteiger partial charge in [0.1, 0.15) is 12.4 Å². The van der Waals surface area contributed by atoms with Gasteiger partial charge in [0.05, 0.1) is 0 Å². The lowest BCUT2D eigenvalue weighted by Gasteiger charge is -2.28. The first-order chi connectivity index (χ1) is 7.90. The van der Waals surface area contributed by atoms with E-state index < -0.39 is 0 Å². The fourth-order valence-corrected chi connectivity index (χ4v) is 2.11. The van der Waals surface area contributed by atoms with Crippen LogP contribution in [0.1, 0.15) is 52.9 Å². The second-order valence-corrected chi connectivity index (χ2v) is 5.83. The molecule has 17 heavy (non-hydrogen) atoms. The Morgan fingerprint density at radius 3 is 2.35 bits per heavy atom. The molecular formula is C13H23NO3. The largest absolute Gasteiger partial charge is 0.446 e. The normalized spacial score (nSPS) is 25.1. The fraction of sp³-hybridized carbons (Fsp3) is 0.846. The maximum atomic E-state index is 11.5. The van der Waals surface area contributed by atoms with Gasteiger partial charge in [-0.3, -0.25) is 0 Å². The Labute approximate surface area is 103 Å². The number of hydrogen-bond donors (Lipinski definition) is 1. The molecule has 1 saturated carbocycles. The zero-order chi connectivity index (χ0) is 12.9. The number of amides is 1. The molecule has 0 spiro atoms. The predicted octanol–water partition coefficient (Wildman–Crippen LogP) is 2.66. The van der Waals surface area contributed by atoms with E-state index in [1.807, 2.05) is 20.8 Å². The topological polar surface area (TPSA) is 55.4 Å². The van der Waals surface area contributed by atoms with Crippen molar-refractivity contribution >= 4 is 12.4 Å². The van der Waals surface area contributed by atoms with Crippen LogP contribution in [-0.2, 0) is 9.53 Å². The van der Waals surface area contributed by atoms with Gasteiger partial charge in [0.2, 0.25) is 0 Å². The second-order valence-electron chi connectivity index (χ2n) is 5.83. The van der Waals surface area contributed by atoms with Gasteiger partial charge in [0.15, 0.2) is 0 Å². The summed E-state index contributed by atoms with van der Waals surface area (Å²) in [6, 6.07) is 0. The van der Waals surface area contributed by atoms with Crippen LogP contribution in [0.2, 0.25) is 0 Å². The maximum Gasteiger partial charge on any atom is 0.407 e. The van der Waals surface area contributed by atoms with E-state index in [2.05, 4.69) is 5.32 Å². The van der Waals surface area contributed by atoms with Gasteiger partial charge in [-0.05, 0) is 52.4 Å². The van der Waals surface area contributed by atoms with Crippen LogP contribution in [0, 0.1) is 5.92 Å². The highest BCUT2D eigenvalue weighted by molar-refractivity contribution is 5.68. The summed E-state index contributed by atoms with van der Waals surface area (Å²) in [7, 11) is 0. The summed E-state index contributed by atoms with van der Waals surface area (Å²) in [5.41, 5.74) is -0.258. The van der Waals surface area contributed by atoms with Gasteiger partial charge in [-0.1, -0.05) is 0 Å². The number of ether oxygens (including phenoxy) is 1. The van der Waals surface area contributed by atoms with Crippen molar-refractivity contribution in [2.75, 3.05) is 0 Å². The quantitative estimate of drug-likeness (QED) is 0.773. The number of carbonyl (C=O) groups is 2. The molecule has 0 unspecified atom stereocenters. The highest BCUT2D eigenvalue weighted by atomic mass is 16.6. The van der Waals surface area contributed by atoms with Crippen molar-refractivity contribution < 1.29 is 14.3 Å². The van der Waals surface area contributed by atoms with Crippen molar-refractivity contribution in [2.24, 2.45) is 5.92 Å². The minimum absolute atomic E-state index is 0.0141. The van der Waals surface area contributed by atoms with Gasteiger partial charge in [-0.25, -0.2) is 4.79 Å². The lowest BCUT2D eigenvalue weighted by atomic mass is 9.86. The van der Waals surface area contributed by atoms with E-state index in [4.69, 9.17) is 4.74 Å². The summed E-state index contributed by atoms with van der Waals surface area (Å²) in [6.45, 7) is 5.78. The highest BCUT2D eigenvalue weighted by Gasteiger charge is 2.24. The number of hydrogen-bond acceptors (Lipinski definition) is 3. The van der Waals surface area contributed by atoms with Gasteiger partial charge in [0.25, 0.3) is 0 Å². The Bertz CT molecular complexity index is 262. The molecule has 0 aromatic carbocycles. The highest BCUT2D eigenvalue weighted by Crippen LogP contribution is 2.27. The Morgan fingerprint density at radius 1 is 1.29 bits per heavy atom. The lowest BCUT2D eigenvalue weighted by Crippen LogP contribution is -2.42. The van der Waals surface area contributed by atoms with Crippen LogP contribution in [0.4, 0.5) is 4.79 Å². The number of alkyl carbamates (subject to hydrolysis) is 1. The van der Waals surface area contributed by atoms with E-state index in [-0.39, 0.29) is 17.7 Å². The van der Waals surface area contributed by atoms with Crippen molar-refractivity contribution in [3.8, 4) is 0 Å². The van der Waals surface area contributed by atoms with Gasteiger partial charge >= 0.3 is 6.09 Å². The Balaban J connectivity index is 2.26. The predicted molar refractivity (Wildman–Crippen MR) is 65.8 cm³/mol. The summed E-state index contributed by atoms with van der Waals surface area (Å²) in [4.78, 5) is 21.9. The first kappa shape index (κ1) is 14.0. The summed E-state index contributed by atoms with van der Waals surface area (Å²) < 4.78 is 5.36. The number of nitrogens with one attached hydrogen (secondary N) is 1. The minimum atomic E-state index is -0.337. The Kier molecular flexibility index (Phi) is 4.97. The molecule has 1 N–H and O–H groups in total. The molecule has 98 valence electrons. The molecule has 0 atom stereocenters. The summed E-state index contributed by atoms with van der Waals surface area (Å²) in [5.74, 6) is 0.484. The third kappa shape index (κ3) is 5.71. The average Bonchev–Trinajstić information content (AvgIpc) is 2.18. The van der Waals surface area contributed by atoms with Crippen LogP contribution in [0.3, 0.4) is 0 Å². The monoisotopic (exact) mass is 241 g/mol. The molecule has 0 aromatic heterocycles. The van der Waals surface area contributed by atoms with E-state index in [0.29, 0.717) is 12.3 Å². The average molecular weight is 241 g/mol. The van der Waals surface area contributed by atoms with Crippen molar-refractivity contribution in [3.63, 3.8) is 0 Å². The summed E-state index contributed by atoms with van der Waals surface area (Å²) >= 11 is 0. The summed E-state index contributed by atoms with van der Waals surface area (Å²) in [5, 5.41) is 2.79. The van der Waals surface area contributed by atoms with Gasteiger partial charge in [0, 0.05) is 12.0 Å². The third-order valence-corrected chi connectivity index (χ3v) is 2.97. The molecule has 4 heteroatoms. The maximum absolute atomic E-state index is 11.5. The summed E-state index contributed by atoms with van der Waals surface area (Å²) in [6.07, 6.45) is 5.00. The van der Waals surface area contributed by atoms with Crippen molar-refractivity contribution in [2.45, 2.75) is 64.5 Å². The standard InChI is InChI=1S/C13H23NO3/c1-13(2,3)14-12(16)17-11-6-4-10(5-7-11)8-9-15/h9-11H,4-8H2,1-3H3,(H,14,16). The van der Waals surface area contributed by atoms with Crippen molar-refractivity contribution in [1.82, 2.24) is 5.32 Å². The lowest BCUT2D eigenvalue weighted by molar-refractivity contribution is -0.109. The van der Waals surface area contributed by atoms with E-state index >= 15 is 0 Å². The SMILES string of the molecule is CC(C)(C)NC(=O)OC1CCC(CC=O)CC1. The van der Waals surface area contributed by atoms with Crippen LogP contribution in [0.15, 0.2) is 0 Å². The molecule has 0 aromatic rings. The molecule has 1 aliphatic rings. The smallest absolute Gasteiger partial charge is 0.407 e. The number of carbonyl (C=O) groups excluding carboxylic acids is 2. The van der Waals surface area contributed by atoms with Crippen molar-refractivity contribution in [1.29, 1.82) is 0 Å². The van der Waals surface area contributed by atoms with Crippen LogP contribution in [0.25, 0.3) is 0 Å². The van der Waals surface area contributed by atoms with Crippen LogP contribution in [0.5, 0.6) is 0 Å². The molecule has 1 rings (SSSR count). The van der Waals surface area contributed by atoms with E-state index in [1.54, 1.807) is 0 Å². The Hall–Kier alpha value is -1.06. The van der Waals surface area contributed by atoms with Gasteiger partial charge < -0.3 is 14.8 Å². The fourth-order valence-electron chi connectivity index (χ4n) is 2.11. The van der Waals surface area contributed by atoms with Crippen LogP contribution >= 0.6 is 0 Å². The van der Waals surface area contributed by atoms with Gasteiger partial charge in [-0.15, -0.1) is 0 Å². The zero-order valence-corrected chi connectivity index (χ0v) is 11.0.